The van der Waals surface area contributed by atoms with Crippen LogP contribution < -0.4 is 15.6 Å². The van der Waals surface area contributed by atoms with Crippen molar-refractivity contribution < 1.29 is 18.3 Å². The molecule has 0 saturated carbocycles. The molecular formula is C22H17ClF2N2O3. The van der Waals surface area contributed by atoms with Crippen LogP contribution in [0.2, 0.25) is 5.02 Å². The maximum Gasteiger partial charge on any atom is 0.270 e. The number of anilines is 1. The zero-order chi connectivity index (χ0) is 21.4. The first kappa shape index (κ1) is 20.1. The Bertz CT molecular complexity index is 1220. The highest BCUT2D eigenvalue weighted by Crippen LogP contribution is 2.32. The van der Waals surface area contributed by atoms with Crippen LogP contribution in [0, 0.1) is 18.6 Å². The Hall–Kier alpha value is -3.19. The summed E-state index contributed by atoms with van der Waals surface area (Å²) in [5, 5.41) is 2.66. The predicted molar refractivity (Wildman–Crippen MR) is 109 cm³/mol. The van der Waals surface area contributed by atoms with Gasteiger partial charge < -0.3 is 15.0 Å². The Labute approximate surface area is 175 Å². The highest BCUT2D eigenvalue weighted by molar-refractivity contribution is 6.31. The number of ether oxygens (including phenoxy) is 1. The standard InChI is InChI=1S/C22H17ClF2N2O3/c1-11-4-18-14(7-19(28)27-18)5-13(11)6-15-9-26-22(29)20(23)21(15)30-10-12-2-3-16(24)8-17(12)25/h2-5,8-9H,6-7,10H2,1H3,(H,26,29)(H,27,28). The van der Waals surface area contributed by atoms with Crippen molar-refractivity contribution in [3.8, 4) is 5.75 Å². The van der Waals surface area contributed by atoms with Crippen molar-refractivity contribution in [3.05, 3.63) is 91.4 Å². The van der Waals surface area contributed by atoms with E-state index in [9.17, 15) is 18.4 Å². The number of hydrogen-bond acceptors (Lipinski definition) is 3. The van der Waals surface area contributed by atoms with E-state index in [0.29, 0.717) is 18.4 Å². The summed E-state index contributed by atoms with van der Waals surface area (Å²) in [7, 11) is 0. The summed E-state index contributed by atoms with van der Waals surface area (Å²) >= 11 is 6.17. The largest absolute Gasteiger partial charge is 0.487 e. The van der Waals surface area contributed by atoms with Crippen LogP contribution in [0.25, 0.3) is 0 Å². The summed E-state index contributed by atoms with van der Waals surface area (Å²) in [6.45, 7) is 1.70. The lowest BCUT2D eigenvalue weighted by Crippen LogP contribution is -2.12. The van der Waals surface area contributed by atoms with E-state index in [1.54, 1.807) is 0 Å². The number of benzene rings is 2. The van der Waals surface area contributed by atoms with Crippen LogP contribution in [-0.2, 0) is 24.2 Å². The first-order valence-electron chi connectivity index (χ1n) is 9.21. The third-order valence-corrected chi connectivity index (χ3v) is 5.37. The molecule has 0 aliphatic carbocycles. The van der Waals surface area contributed by atoms with Gasteiger partial charge in [-0.15, -0.1) is 0 Å². The average molecular weight is 431 g/mol. The molecule has 0 saturated heterocycles. The number of halogens is 3. The molecule has 1 aliphatic rings. The Morgan fingerprint density at radius 3 is 2.67 bits per heavy atom. The quantitative estimate of drug-likeness (QED) is 0.634. The zero-order valence-electron chi connectivity index (χ0n) is 15.9. The molecule has 1 aromatic heterocycles. The maximum absolute atomic E-state index is 13.9. The van der Waals surface area contributed by atoms with E-state index < -0.39 is 17.2 Å². The molecule has 2 N–H and O–H groups in total. The van der Waals surface area contributed by atoms with Gasteiger partial charge in [0.2, 0.25) is 5.91 Å². The molecule has 0 fully saturated rings. The van der Waals surface area contributed by atoms with E-state index in [2.05, 4.69) is 10.3 Å². The lowest BCUT2D eigenvalue weighted by molar-refractivity contribution is -0.115. The van der Waals surface area contributed by atoms with Crippen molar-refractivity contribution in [1.29, 1.82) is 0 Å². The van der Waals surface area contributed by atoms with Gasteiger partial charge in [-0.3, -0.25) is 9.59 Å². The predicted octanol–water partition coefficient (Wildman–Crippen LogP) is 4.28. The molecule has 5 nitrogen and oxygen atoms in total. The van der Waals surface area contributed by atoms with E-state index in [4.69, 9.17) is 16.3 Å². The molecule has 1 amide bonds. The van der Waals surface area contributed by atoms with Crippen molar-refractivity contribution in [2.75, 3.05) is 5.32 Å². The molecule has 0 unspecified atom stereocenters. The molecule has 0 bridgehead atoms. The van der Waals surface area contributed by atoms with Gasteiger partial charge in [0.1, 0.15) is 29.0 Å². The fourth-order valence-corrected chi connectivity index (χ4v) is 3.66. The smallest absolute Gasteiger partial charge is 0.270 e. The van der Waals surface area contributed by atoms with E-state index in [-0.39, 0.29) is 28.8 Å². The third kappa shape index (κ3) is 3.93. The van der Waals surface area contributed by atoms with E-state index >= 15 is 0 Å². The number of hydrogen-bond donors (Lipinski definition) is 2. The summed E-state index contributed by atoms with van der Waals surface area (Å²) in [5.41, 5.74) is 3.78. The van der Waals surface area contributed by atoms with E-state index in [1.807, 2.05) is 19.1 Å². The first-order chi connectivity index (χ1) is 14.3. The van der Waals surface area contributed by atoms with Crippen molar-refractivity contribution in [2.24, 2.45) is 0 Å². The van der Waals surface area contributed by atoms with Gasteiger partial charge in [-0.05, 0) is 41.8 Å². The molecule has 0 spiro atoms. The number of aromatic nitrogens is 1. The first-order valence-corrected chi connectivity index (χ1v) is 9.58. The molecular weight excluding hydrogens is 414 g/mol. The summed E-state index contributed by atoms with van der Waals surface area (Å²) in [6.07, 6.45) is 2.19. The molecule has 4 rings (SSSR count). The summed E-state index contributed by atoms with van der Waals surface area (Å²) < 4.78 is 32.8. The van der Waals surface area contributed by atoms with Gasteiger partial charge in [0.15, 0.2) is 0 Å². The van der Waals surface area contributed by atoms with Crippen LogP contribution in [0.4, 0.5) is 14.5 Å². The van der Waals surface area contributed by atoms with Crippen molar-refractivity contribution in [3.63, 3.8) is 0 Å². The summed E-state index contributed by atoms with van der Waals surface area (Å²) in [4.78, 5) is 26.2. The Kier molecular flexibility index (Phi) is 5.30. The van der Waals surface area contributed by atoms with Gasteiger partial charge in [0.25, 0.3) is 5.56 Å². The van der Waals surface area contributed by atoms with Crippen LogP contribution in [0.15, 0.2) is 41.3 Å². The molecule has 1 aliphatic heterocycles. The van der Waals surface area contributed by atoms with Gasteiger partial charge >= 0.3 is 0 Å². The minimum Gasteiger partial charge on any atom is -0.487 e. The van der Waals surface area contributed by atoms with E-state index in [1.165, 1.54) is 12.3 Å². The number of fused-ring (bicyclic) bond motifs is 1. The van der Waals surface area contributed by atoms with Crippen LogP contribution in [-0.4, -0.2) is 10.9 Å². The SMILES string of the molecule is Cc1cc2c(cc1Cc1c[nH]c(=O)c(Cl)c1OCc1ccc(F)cc1F)CC(=O)N2. The van der Waals surface area contributed by atoms with Gasteiger partial charge in [0, 0.05) is 35.5 Å². The second-order valence-corrected chi connectivity index (χ2v) is 7.53. The Morgan fingerprint density at radius 2 is 1.90 bits per heavy atom. The number of H-pyrrole nitrogens is 1. The fraction of sp³-hybridized carbons (Fsp3) is 0.182. The van der Waals surface area contributed by atoms with E-state index in [0.717, 1.165) is 34.5 Å². The number of aromatic amines is 1. The molecule has 0 radical (unpaired) electrons. The Morgan fingerprint density at radius 1 is 1.10 bits per heavy atom. The topological polar surface area (TPSA) is 71.2 Å². The van der Waals surface area contributed by atoms with Crippen LogP contribution >= 0.6 is 11.6 Å². The average Bonchev–Trinajstić information content (AvgIpc) is 3.04. The second-order valence-electron chi connectivity index (χ2n) is 7.15. The highest BCUT2D eigenvalue weighted by atomic mass is 35.5. The van der Waals surface area contributed by atoms with Crippen LogP contribution in [0.3, 0.4) is 0 Å². The maximum atomic E-state index is 13.9. The van der Waals surface area contributed by atoms with Gasteiger partial charge in [-0.2, -0.15) is 0 Å². The minimum atomic E-state index is -0.746. The molecule has 154 valence electrons. The third-order valence-electron chi connectivity index (χ3n) is 5.02. The van der Waals surface area contributed by atoms with Crippen LogP contribution in [0.5, 0.6) is 5.75 Å². The number of rotatable bonds is 5. The molecule has 2 heterocycles. The number of pyridine rings is 1. The lowest BCUT2D eigenvalue weighted by atomic mass is 9.97. The molecule has 30 heavy (non-hydrogen) atoms. The van der Waals surface area contributed by atoms with Gasteiger partial charge in [-0.1, -0.05) is 17.7 Å². The molecule has 3 aromatic rings. The van der Waals surface area contributed by atoms with Gasteiger partial charge in [0.05, 0.1) is 6.42 Å². The highest BCUT2D eigenvalue weighted by Gasteiger charge is 2.20. The number of carbonyl (C=O) groups is 1. The minimum absolute atomic E-state index is 0.0565. The number of carbonyl (C=O) groups excluding carboxylic acids is 1. The van der Waals surface area contributed by atoms with Crippen molar-refractivity contribution >= 4 is 23.2 Å². The normalized spacial score (nSPS) is 12.6. The van der Waals surface area contributed by atoms with Crippen molar-refractivity contribution in [1.82, 2.24) is 4.98 Å². The number of nitrogens with one attached hydrogen (secondary N) is 2. The van der Waals surface area contributed by atoms with Crippen molar-refractivity contribution in [2.45, 2.75) is 26.4 Å². The fourth-order valence-electron chi connectivity index (χ4n) is 3.43. The number of aryl methyl sites for hydroxylation is 1. The van der Waals surface area contributed by atoms with Gasteiger partial charge in [-0.25, -0.2) is 8.78 Å². The van der Waals surface area contributed by atoms with Crippen LogP contribution in [0.1, 0.15) is 27.8 Å². The molecule has 0 atom stereocenters. The summed E-state index contributed by atoms with van der Waals surface area (Å²) in [6, 6.07) is 7.01. The molecule has 2 aromatic carbocycles. The second kappa shape index (κ2) is 7.91. The molecule has 8 heteroatoms. The number of amides is 1. The monoisotopic (exact) mass is 430 g/mol. The zero-order valence-corrected chi connectivity index (χ0v) is 16.7. The summed E-state index contributed by atoms with van der Waals surface area (Å²) in [5.74, 6) is -1.35. The lowest BCUT2D eigenvalue weighted by Gasteiger charge is -2.15. The Balaban J connectivity index is 1.65.